The van der Waals surface area contributed by atoms with Gasteiger partial charge in [0.1, 0.15) is 5.78 Å². The highest BCUT2D eigenvalue weighted by Crippen LogP contribution is 2.38. The third-order valence-corrected chi connectivity index (χ3v) is 4.46. The van der Waals surface area contributed by atoms with Crippen LogP contribution in [0.15, 0.2) is 29.2 Å². The Hall–Kier alpha value is -0.760. The van der Waals surface area contributed by atoms with E-state index in [-0.39, 0.29) is 5.92 Å². The quantitative estimate of drug-likeness (QED) is 0.790. The number of carbonyl (C=O) groups is 1. The van der Waals surface area contributed by atoms with Gasteiger partial charge in [-0.1, -0.05) is 32.0 Å². The average molecular weight is 234 g/mol. The highest BCUT2D eigenvalue weighted by molar-refractivity contribution is 8.00. The van der Waals surface area contributed by atoms with Crippen molar-refractivity contribution in [2.75, 3.05) is 0 Å². The van der Waals surface area contributed by atoms with E-state index in [0.29, 0.717) is 11.0 Å². The van der Waals surface area contributed by atoms with Crippen molar-refractivity contribution in [3.05, 3.63) is 29.8 Å². The van der Waals surface area contributed by atoms with Gasteiger partial charge >= 0.3 is 0 Å². The van der Waals surface area contributed by atoms with E-state index in [2.05, 4.69) is 24.3 Å². The van der Waals surface area contributed by atoms with Crippen LogP contribution in [0.3, 0.4) is 0 Å². The molecule has 0 aliphatic carbocycles. The Bertz CT molecular complexity index is 359. The monoisotopic (exact) mass is 234 g/mol. The molecule has 0 spiro atoms. The molecule has 1 atom stereocenters. The molecule has 1 heterocycles. The summed E-state index contributed by atoms with van der Waals surface area (Å²) in [5.74, 6) is 0.588. The summed E-state index contributed by atoms with van der Waals surface area (Å²) >= 11 is 1.94. The molecular formula is C14H18OS. The summed E-state index contributed by atoms with van der Waals surface area (Å²) in [7, 11) is 0. The molecule has 0 aromatic heterocycles. The minimum atomic E-state index is 0.189. The highest BCUT2D eigenvalue weighted by atomic mass is 32.2. The van der Waals surface area contributed by atoms with E-state index in [1.807, 2.05) is 25.6 Å². The maximum absolute atomic E-state index is 11.6. The van der Waals surface area contributed by atoms with Gasteiger partial charge in [0.15, 0.2) is 0 Å². The van der Waals surface area contributed by atoms with Crippen molar-refractivity contribution >= 4 is 17.5 Å². The number of hydrogen-bond acceptors (Lipinski definition) is 2. The van der Waals surface area contributed by atoms with Crippen LogP contribution in [0.25, 0.3) is 0 Å². The number of thioether (sulfide) groups is 1. The first-order valence-corrected chi connectivity index (χ1v) is 6.82. The molecule has 2 rings (SSSR count). The predicted molar refractivity (Wildman–Crippen MR) is 68.9 cm³/mol. The summed E-state index contributed by atoms with van der Waals surface area (Å²) in [6, 6.07) is 8.57. The van der Waals surface area contributed by atoms with E-state index in [0.717, 1.165) is 19.3 Å². The SMILES string of the molecule is CC(C)C(=O)CCC1Cc2ccccc2S1. The molecule has 2 heteroatoms. The van der Waals surface area contributed by atoms with Crippen LogP contribution in [0.1, 0.15) is 32.3 Å². The van der Waals surface area contributed by atoms with E-state index in [1.165, 1.54) is 10.5 Å². The van der Waals surface area contributed by atoms with Crippen LogP contribution in [0.4, 0.5) is 0 Å². The topological polar surface area (TPSA) is 17.1 Å². The van der Waals surface area contributed by atoms with E-state index in [1.54, 1.807) is 0 Å². The fraction of sp³-hybridized carbons (Fsp3) is 0.500. The van der Waals surface area contributed by atoms with Gasteiger partial charge in [-0.3, -0.25) is 4.79 Å². The fourth-order valence-electron chi connectivity index (χ4n) is 2.01. The second-order valence-corrected chi connectivity index (χ2v) is 6.05. The van der Waals surface area contributed by atoms with Gasteiger partial charge in [-0.05, 0) is 24.5 Å². The summed E-state index contributed by atoms with van der Waals surface area (Å²) in [5, 5.41) is 0.611. The van der Waals surface area contributed by atoms with Crippen LogP contribution < -0.4 is 0 Å². The van der Waals surface area contributed by atoms with Gasteiger partial charge in [0.25, 0.3) is 0 Å². The van der Waals surface area contributed by atoms with Crippen molar-refractivity contribution in [2.24, 2.45) is 5.92 Å². The number of carbonyl (C=O) groups excluding carboxylic acids is 1. The van der Waals surface area contributed by atoms with Gasteiger partial charge < -0.3 is 0 Å². The predicted octanol–water partition coefficient (Wildman–Crippen LogP) is 3.71. The average Bonchev–Trinajstić information content (AvgIpc) is 2.68. The first-order chi connectivity index (χ1) is 7.66. The summed E-state index contributed by atoms with van der Waals surface area (Å²) < 4.78 is 0. The maximum atomic E-state index is 11.6. The normalized spacial score (nSPS) is 18.8. The van der Waals surface area contributed by atoms with Gasteiger partial charge in [-0.25, -0.2) is 0 Å². The fourth-order valence-corrected chi connectivity index (χ4v) is 3.32. The highest BCUT2D eigenvalue weighted by Gasteiger charge is 2.22. The van der Waals surface area contributed by atoms with Crippen LogP contribution in [-0.4, -0.2) is 11.0 Å². The van der Waals surface area contributed by atoms with Crippen molar-refractivity contribution in [1.82, 2.24) is 0 Å². The van der Waals surface area contributed by atoms with Crippen LogP contribution in [0.5, 0.6) is 0 Å². The van der Waals surface area contributed by atoms with Crippen LogP contribution in [-0.2, 0) is 11.2 Å². The van der Waals surface area contributed by atoms with Gasteiger partial charge in [0, 0.05) is 22.5 Å². The van der Waals surface area contributed by atoms with E-state index in [9.17, 15) is 4.79 Å². The van der Waals surface area contributed by atoms with Crippen molar-refractivity contribution in [1.29, 1.82) is 0 Å². The second kappa shape index (κ2) is 5.05. The molecule has 1 aliphatic heterocycles. The number of ketones is 1. The van der Waals surface area contributed by atoms with Gasteiger partial charge in [0.2, 0.25) is 0 Å². The molecule has 1 aromatic carbocycles. The largest absolute Gasteiger partial charge is 0.299 e. The standard InChI is InChI=1S/C14H18OS/c1-10(2)13(15)8-7-12-9-11-5-3-4-6-14(11)16-12/h3-6,10,12H,7-9H2,1-2H3. The Kier molecular flexibility index (Phi) is 3.70. The van der Waals surface area contributed by atoms with E-state index < -0.39 is 0 Å². The molecule has 0 fully saturated rings. The smallest absolute Gasteiger partial charge is 0.135 e. The molecule has 0 amide bonds. The Balaban J connectivity index is 1.86. The van der Waals surface area contributed by atoms with Crippen LogP contribution in [0.2, 0.25) is 0 Å². The lowest BCUT2D eigenvalue weighted by atomic mass is 10.0. The third kappa shape index (κ3) is 2.67. The van der Waals surface area contributed by atoms with E-state index >= 15 is 0 Å². The Morgan fingerprint density at radius 1 is 1.44 bits per heavy atom. The van der Waals surface area contributed by atoms with Crippen LogP contribution in [0, 0.1) is 5.92 Å². The van der Waals surface area contributed by atoms with Gasteiger partial charge in [0.05, 0.1) is 0 Å². The Morgan fingerprint density at radius 3 is 2.88 bits per heavy atom. The lowest BCUT2D eigenvalue weighted by Gasteiger charge is -2.08. The molecule has 1 aromatic rings. The number of fused-ring (bicyclic) bond motifs is 1. The zero-order valence-corrected chi connectivity index (χ0v) is 10.7. The van der Waals surface area contributed by atoms with Gasteiger partial charge in [-0.2, -0.15) is 0 Å². The molecule has 0 radical (unpaired) electrons. The lowest BCUT2D eigenvalue weighted by molar-refractivity contribution is -0.121. The van der Waals surface area contributed by atoms with Crippen LogP contribution >= 0.6 is 11.8 Å². The zero-order valence-electron chi connectivity index (χ0n) is 9.90. The molecule has 0 saturated carbocycles. The molecule has 86 valence electrons. The number of rotatable bonds is 4. The summed E-state index contributed by atoms with van der Waals surface area (Å²) in [4.78, 5) is 13.0. The molecule has 1 nitrogen and oxygen atoms in total. The van der Waals surface area contributed by atoms with Crippen molar-refractivity contribution in [2.45, 2.75) is 43.3 Å². The minimum absolute atomic E-state index is 0.189. The second-order valence-electron chi connectivity index (χ2n) is 4.71. The number of Topliss-reactive ketones (excluding diaryl/α,β-unsaturated/α-hetero) is 1. The Labute approximate surface area is 102 Å². The van der Waals surface area contributed by atoms with Crippen molar-refractivity contribution in [3.8, 4) is 0 Å². The molecule has 16 heavy (non-hydrogen) atoms. The summed E-state index contributed by atoms with van der Waals surface area (Å²) in [6.07, 6.45) is 2.89. The number of hydrogen-bond donors (Lipinski definition) is 0. The van der Waals surface area contributed by atoms with E-state index in [4.69, 9.17) is 0 Å². The van der Waals surface area contributed by atoms with Crippen molar-refractivity contribution in [3.63, 3.8) is 0 Å². The zero-order chi connectivity index (χ0) is 11.5. The summed E-state index contributed by atoms with van der Waals surface area (Å²) in [6.45, 7) is 3.97. The molecule has 0 saturated heterocycles. The molecule has 0 bridgehead atoms. The first-order valence-electron chi connectivity index (χ1n) is 5.94. The molecule has 0 N–H and O–H groups in total. The summed E-state index contributed by atoms with van der Waals surface area (Å²) in [5.41, 5.74) is 1.45. The molecule has 1 aliphatic rings. The maximum Gasteiger partial charge on any atom is 0.135 e. The molecule has 1 unspecified atom stereocenters. The minimum Gasteiger partial charge on any atom is -0.299 e. The Morgan fingerprint density at radius 2 is 2.19 bits per heavy atom. The third-order valence-electron chi connectivity index (χ3n) is 3.07. The number of benzene rings is 1. The molecular weight excluding hydrogens is 216 g/mol. The lowest BCUT2D eigenvalue weighted by Crippen LogP contribution is -2.10. The van der Waals surface area contributed by atoms with Gasteiger partial charge in [-0.15, -0.1) is 11.8 Å². The van der Waals surface area contributed by atoms with Crippen molar-refractivity contribution < 1.29 is 4.79 Å². The first kappa shape index (κ1) is 11.7.